The van der Waals surface area contributed by atoms with E-state index in [4.69, 9.17) is 4.74 Å². The summed E-state index contributed by atoms with van der Waals surface area (Å²) in [5.41, 5.74) is 2.57. The van der Waals surface area contributed by atoms with E-state index in [0.717, 1.165) is 5.56 Å². The molecular weight excluding hydrogens is 318 g/mol. The van der Waals surface area contributed by atoms with Gasteiger partial charge in [-0.25, -0.2) is 14.4 Å². The second-order valence-corrected chi connectivity index (χ2v) is 5.07. The first-order valence-corrected chi connectivity index (χ1v) is 7.25. The number of nitrogens with one attached hydrogen (secondary N) is 3. The van der Waals surface area contributed by atoms with Gasteiger partial charge < -0.3 is 25.0 Å². The number of carbonyl (C=O) groups excluding carboxylic acids is 3. The first-order valence-electron chi connectivity index (χ1n) is 7.25. The minimum Gasteiger partial charge on any atom is -0.445 e. The van der Waals surface area contributed by atoms with E-state index in [2.05, 4.69) is 20.3 Å². The van der Waals surface area contributed by atoms with Crippen molar-refractivity contribution in [2.75, 3.05) is 7.05 Å². The standard InChI is InChI=1S/C15H21N3O6/c1-10(2)12(13(19)23-18-24-14(20)16-3)17-15(21)22-9-11-7-5-4-6-8-11/h4-8,10,12,18H,9H2,1-3H3,(H,16,20)(H,17,21)/t12-/m0/s1. The van der Waals surface area contributed by atoms with Crippen molar-refractivity contribution in [3.8, 4) is 0 Å². The Labute approximate surface area is 139 Å². The average molecular weight is 339 g/mol. The fourth-order valence-corrected chi connectivity index (χ4v) is 1.60. The lowest BCUT2D eigenvalue weighted by atomic mass is 10.1. The zero-order valence-electron chi connectivity index (χ0n) is 13.7. The number of amides is 2. The molecule has 0 aliphatic rings. The summed E-state index contributed by atoms with van der Waals surface area (Å²) in [6, 6.07) is 8.13. The number of ether oxygens (including phenoxy) is 1. The lowest BCUT2D eigenvalue weighted by molar-refractivity contribution is -0.180. The van der Waals surface area contributed by atoms with Crippen molar-refractivity contribution in [2.45, 2.75) is 26.5 Å². The van der Waals surface area contributed by atoms with E-state index in [1.165, 1.54) is 7.05 Å². The highest BCUT2D eigenvalue weighted by atomic mass is 16.9. The summed E-state index contributed by atoms with van der Waals surface area (Å²) in [5, 5.41) is 4.56. The van der Waals surface area contributed by atoms with Gasteiger partial charge in [0.2, 0.25) is 0 Å². The van der Waals surface area contributed by atoms with Gasteiger partial charge in [0.1, 0.15) is 12.6 Å². The second-order valence-electron chi connectivity index (χ2n) is 5.07. The van der Waals surface area contributed by atoms with Crippen molar-refractivity contribution in [1.82, 2.24) is 16.3 Å². The molecule has 0 spiro atoms. The minimum absolute atomic E-state index is 0.0740. The molecule has 24 heavy (non-hydrogen) atoms. The van der Waals surface area contributed by atoms with Gasteiger partial charge in [0.25, 0.3) is 0 Å². The van der Waals surface area contributed by atoms with Crippen LogP contribution < -0.4 is 16.3 Å². The number of hydrogen-bond donors (Lipinski definition) is 3. The van der Waals surface area contributed by atoms with Crippen LogP contribution in [0.2, 0.25) is 0 Å². The Hall–Kier alpha value is -2.81. The van der Waals surface area contributed by atoms with Gasteiger partial charge in [-0.05, 0) is 11.5 Å². The van der Waals surface area contributed by atoms with Crippen LogP contribution in [0.15, 0.2) is 30.3 Å². The maximum atomic E-state index is 11.9. The van der Waals surface area contributed by atoms with Gasteiger partial charge in [-0.15, -0.1) is 0 Å². The number of alkyl carbamates (subject to hydrolysis) is 1. The first-order chi connectivity index (χ1) is 11.4. The van der Waals surface area contributed by atoms with Crippen molar-refractivity contribution in [2.24, 2.45) is 5.92 Å². The Balaban J connectivity index is 2.44. The van der Waals surface area contributed by atoms with Gasteiger partial charge in [-0.3, -0.25) is 0 Å². The molecule has 9 heteroatoms. The van der Waals surface area contributed by atoms with Crippen LogP contribution >= 0.6 is 0 Å². The third kappa shape index (κ3) is 6.97. The zero-order chi connectivity index (χ0) is 17.9. The van der Waals surface area contributed by atoms with E-state index >= 15 is 0 Å². The van der Waals surface area contributed by atoms with Gasteiger partial charge in [-0.2, -0.15) is 0 Å². The smallest absolute Gasteiger partial charge is 0.428 e. The van der Waals surface area contributed by atoms with E-state index in [-0.39, 0.29) is 12.5 Å². The van der Waals surface area contributed by atoms with Crippen LogP contribution in [0.5, 0.6) is 0 Å². The lowest BCUT2D eigenvalue weighted by Gasteiger charge is -2.20. The van der Waals surface area contributed by atoms with Crippen molar-refractivity contribution < 1.29 is 28.8 Å². The molecule has 0 saturated heterocycles. The highest BCUT2D eigenvalue weighted by molar-refractivity contribution is 5.81. The molecule has 0 unspecified atom stereocenters. The average Bonchev–Trinajstić information content (AvgIpc) is 2.58. The Morgan fingerprint density at radius 3 is 2.29 bits per heavy atom. The summed E-state index contributed by atoms with van der Waals surface area (Å²) in [4.78, 5) is 43.4. The summed E-state index contributed by atoms with van der Waals surface area (Å²) in [6.45, 7) is 3.50. The van der Waals surface area contributed by atoms with Crippen molar-refractivity contribution in [3.63, 3.8) is 0 Å². The monoisotopic (exact) mass is 339 g/mol. The van der Waals surface area contributed by atoms with Crippen LogP contribution in [0.25, 0.3) is 0 Å². The van der Waals surface area contributed by atoms with E-state index in [1.807, 2.05) is 30.3 Å². The highest BCUT2D eigenvalue weighted by Gasteiger charge is 2.27. The molecule has 9 nitrogen and oxygen atoms in total. The molecule has 0 saturated carbocycles. The Morgan fingerprint density at radius 2 is 1.71 bits per heavy atom. The molecule has 2 amide bonds. The van der Waals surface area contributed by atoms with Gasteiger partial charge in [-0.1, -0.05) is 44.2 Å². The van der Waals surface area contributed by atoms with E-state index < -0.39 is 24.2 Å². The molecule has 1 aromatic carbocycles. The van der Waals surface area contributed by atoms with Crippen LogP contribution in [-0.2, 0) is 25.8 Å². The number of benzene rings is 1. The highest BCUT2D eigenvalue weighted by Crippen LogP contribution is 2.05. The first kappa shape index (κ1) is 19.2. The number of carbonyl (C=O) groups is 3. The molecule has 0 fully saturated rings. The van der Waals surface area contributed by atoms with E-state index in [0.29, 0.717) is 0 Å². The number of hydrogen-bond acceptors (Lipinski definition) is 7. The van der Waals surface area contributed by atoms with Crippen LogP contribution in [0.3, 0.4) is 0 Å². The third-order valence-corrected chi connectivity index (χ3v) is 2.89. The van der Waals surface area contributed by atoms with Gasteiger partial charge >= 0.3 is 18.2 Å². The van der Waals surface area contributed by atoms with Crippen molar-refractivity contribution >= 4 is 18.2 Å². The Morgan fingerprint density at radius 1 is 1.04 bits per heavy atom. The summed E-state index contributed by atoms with van der Waals surface area (Å²) < 4.78 is 5.05. The van der Waals surface area contributed by atoms with Crippen LogP contribution in [-0.4, -0.2) is 31.2 Å². The molecule has 0 aliphatic carbocycles. The molecule has 1 atom stereocenters. The quantitative estimate of drug-likeness (QED) is 0.641. The predicted molar refractivity (Wildman–Crippen MR) is 83.2 cm³/mol. The lowest BCUT2D eigenvalue weighted by Crippen LogP contribution is -2.47. The molecule has 1 rings (SSSR count). The van der Waals surface area contributed by atoms with E-state index in [9.17, 15) is 14.4 Å². The maximum Gasteiger partial charge on any atom is 0.428 e. The molecule has 0 radical (unpaired) electrons. The molecule has 1 aromatic rings. The number of rotatable bonds is 7. The van der Waals surface area contributed by atoms with E-state index in [1.54, 1.807) is 19.5 Å². The van der Waals surface area contributed by atoms with Gasteiger partial charge in [0.15, 0.2) is 0 Å². The largest absolute Gasteiger partial charge is 0.445 e. The van der Waals surface area contributed by atoms with Gasteiger partial charge in [0, 0.05) is 12.7 Å². The van der Waals surface area contributed by atoms with Crippen molar-refractivity contribution in [3.05, 3.63) is 35.9 Å². The fraction of sp³-hybridized carbons (Fsp3) is 0.400. The zero-order valence-corrected chi connectivity index (χ0v) is 13.7. The maximum absolute atomic E-state index is 11.9. The Kier molecular flexibility index (Phi) is 8.06. The SMILES string of the molecule is CNC(=O)ONOC(=O)[C@@H](NC(=O)OCc1ccccc1)C(C)C. The normalized spacial score (nSPS) is 11.3. The molecular formula is C15H21N3O6. The summed E-state index contributed by atoms with van der Waals surface area (Å²) in [7, 11) is 1.34. The summed E-state index contributed by atoms with van der Waals surface area (Å²) >= 11 is 0. The van der Waals surface area contributed by atoms with Crippen LogP contribution in [0, 0.1) is 5.92 Å². The molecule has 3 N–H and O–H groups in total. The van der Waals surface area contributed by atoms with Gasteiger partial charge in [0.05, 0.1) is 0 Å². The van der Waals surface area contributed by atoms with Crippen molar-refractivity contribution in [1.29, 1.82) is 0 Å². The second kappa shape index (κ2) is 10.1. The summed E-state index contributed by atoms with van der Waals surface area (Å²) in [5.74, 6) is -1.10. The molecule has 0 aliphatic heterocycles. The van der Waals surface area contributed by atoms with Crippen LogP contribution in [0.4, 0.5) is 9.59 Å². The molecule has 132 valence electrons. The predicted octanol–water partition coefficient (Wildman–Crippen LogP) is 1.26. The van der Waals surface area contributed by atoms with Crippen LogP contribution in [0.1, 0.15) is 19.4 Å². The Bertz CT molecular complexity index is 549. The minimum atomic E-state index is -0.978. The fourth-order valence-electron chi connectivity index (χ4n) is 1.60. The third-order valence-electron chi connectivity index (χ3n) is 2.89. The molecule has 0 bridgehead atoms. The molecule has 0 heterocycles. The topological polar surface area (TPSA) is 115 Å². The molecule has 0 aromatic heterocycles. The summed E-state index contributed by atoms with van der Waals surface area (Å²) in [6.07, 6.45) is -1.60.